The van der Waals surface area contributed by atoms with E-state index in [4.69, 9.17) is 0 Å². The number of amides is 2. The lowest BCUT2D eigenvalue weighted by Gasteiger charge is -2.28. The van der Waals surface area contributed by atoms with Gasteiger partial charge in [0.25, 0.3) is 0 Å². The normalized spacial score (nSPS) is 28.3. The fourth-order valence-electron chi connectivity index (χ4n) is 5.67. The molecule has 0 spiro atoms. The second kappa shape index (κ2) is 9.15. The third-order valence-corrected chi connectivity index (χ3v) is 6.83. The fourth-order valence-corrected chi connectivity index (χ4v) is 5.67. The van der Waals surface area contributed by atoms with Gasteiger partial charge in [0, 0.05) is 35.2 Å². The highest BCUT2D eigenvalue weighted by molar-refractivity contribution is 5.81. The molecule has 2 heterocycles. The first-order valence-electron chi connectivity index (χ1n) is 11.8. The molecule has 0 aliphatic carbocycles. The third kappa shape index (κ3) is 6.68. The molecule has 0 radical (unpaired) electrons. The van der Waals surface area contributed by atoms with Crippen LogP contribution in [0.15, 0.2) is 0 Å². The van der Waals surface area contributed by atoms with E-state index < -0.39 is 0 Å². The van der Waals surface area contributed by atoms with Gasteiger partial charge in [-0.3, -0.25) is 9.59 Å². The van der Waals surface area contributed by atoms with Gasteiger partial charge in [-0.05, 0) is 81.1 Å². The van der Waals surface area contributed by atoms with E-state index in [9.17, 15) is 9.59 Å². The second-order valence-corrected chi connectivity index (χ2v) is 12.0. The summed E-state index contributed by atoms with van der Waals surface area (Å²) < 4.78 is 0. The average Bonchev–Trinajstić information content (AvgIpc) is 2.94. The molecular weight excluding hydrogens is 376 g/mol. The van der Waals surface area contributed by atoms with Crippen molar-refractivity contribution in [2.45, 2.75) is 116 Å². The first-order valence-corrected chi connectivity index (χ1v) is 11.8. The molecular formula is C24H46N4O2. The van der Waals surface area contributed by atoms with Crippen LogP contribution in [0.4, 0.5) is 0 Å². The van der Waals surface area contributed by atoms with Crippen molar-refractivity contribution in [3.05, 3.63) is 0 Å². The second-order valence-electron chi connectivity index (χ2n) is 12.0. The molecule has 2 aliphatic rings. The molecule has 0 aromatic carbocycles. The lowest BCUT2D eigenvalue weighted by molar-refractivity contribution is -0.127. The number of carbonyl (C=O) groups excluding carboxylic acids is 2. The van der Waals surface area contributed by atoms with Gasteiger partial charge in [-0.25, -0.2) is 0 Å². The molecule has 2 unspecified atom stereocenters. The minimum absolute atomic E-state index is 0.00939. The van der Waals surface area contributed by atoms with Crippen LogP contribution in [-0.4, -0.2) is 47.1 Å². The zero-order chi connectivity index (χ0) is 22.8. The van der Waals surface area contributed by atoms with Crippen LogP contribution in [-0.2, 0) is 9.59 Å². The summed E-state index contributed by atoms with van der Waals surface area (Å²) in [6.45, 7) is 18.6. The van der Waals surface area contributed by atoms with Crippen LogP contribution in [0.1, 0.15) is 93.9 Å². The van der Waals surface area contributed by atoms with E-state index in [2.05, 4.69) is 76.7 Å². The summed E-state index contributed by atoms with van der Waals surface area (Å²) >= 11 is 0. The largest absolute Gasteiger partial charge is 0.356 e. The monoisotopic (exact) mass is 422 g/mol. The van der Waals surface area contributed by atoms with Crippen molar-refractivity contribution in [1.29, 1.82) is 0 Å². The van der Waals surface area contributed by atoms with Gasteiger partial charge in [0.05, 0.1) is 11.8 Å². The van der Waals surface area contributed by atoms with Crippen LogP contribution < -0.4 is 21.3 Å². The van der Waals surface area contributed by atoms with Crippen molar-refractivity contribution in [2.75, 3.05) is 13.1 Å². The standard InChI is InChI=1S/C24H46N4O2/c1-21(2)15-17(23(5,6)27-21)19(29)25-13-11-9-10-12-14-26-20(30)18-16-22(3,4)28-24(18,7)8/h17-18,27-28H,9-16H2,1-8H3,(H,25,29)(H,26,30). The number of unbranched alkanes of at least 4 members (excludes halogenated alkanes) is 3. The van der Waals surface area contributed by atoms with E-state index >= 15 is 0 Å². The summed E-state index contributed by atoms with van der Waals surface area (Å²) in [5, 5.41) is 13.4. The van der Waals surface area contributed by atoms with Crippen molar-refractivity contribution in [3.8, 4) is 0 Å². The number of nitrogens with one attached hydrogen (secondary N) is 4. The van der Waals surface area contributed by atoms with E-state index in [1.165, 1.54) is 0 Å². The molecule has 4 N–H and O–H groups in total. The SMILES string of the molecule is CC1(C)CC(C(=O)NCCCCCCNC(=O)C2CC(C)(C)NC2(C)C)C(C)(C)N1. The molecule has 2 fully saturated rings. The van der Waals surface area contributed by atoms with Gasteiger partial charge in [0.2, 0.25) is 11.8 Å². The van der Waals surface area contributed by atoms with Gasteiger partial charge >= 0.3 is 0 Å². The minimum atomic E-state index is -0.162. The van der Waals surface area contributed by atoms with Gasteiger partial charge in [-0.2, -0.15) is 0 Å². The van der Waals surface area contributed by atoms with E-state index in [0.29, 0.717) is 0 Å². The van der Waals surface area contributed by atoms with Crippen molar-refractivity contribution in [2.24, 2.45) is 11.8 Å². The van der Waals surface area contributed by atoms with Gasteiger partial charge in [0.1, 0.15) is 0 Å². The zero-order valence-corrected chi connectivity index (χ0v) is 20.6. The van der Waals surface area contributed by atoms with Crippen LogP contribution in [0.3, 0.4) is 0 Å². The van der Waals surface area contributed by atoms with Crippen LogP contribution >= 0.6 is 0 Å². The lowest BCUT2D eigenvalue weighted by Crippen LogP contribution is -2.48. The smallest absolute Gasteiger partial charge is 0.225 e. The van der Waals surface area contributed by atoms with E-state index in [1.807, 2.05) is 0 Å². The molecule has 30 heavy (non-hydrogen) atoms. The van der Waals surface area contributed by atoms with Crippen LogP contribution in [0.2, 0.25) is 0 Å². The van der Waals surface area contributed by atoms with Gasteiger partial charge < -0.3 is 21.3 Å². The number of hydrogen-bond donors (Lipinski definition) is 4. The predicted molar refractivity (Wildman–Crippen MR) is 123 cm³/mol. The number of rotatable bonds is 9. The maximum Gasteiger partial charge on any atom is 0.225 e. The molecule has 174 valence electrons. The molecule has 0 aromatic heterocycles. The molecule has 2 rings (SSSR count). The Morgan fingerprint density at radius 1 is 0.667 bits per heavy atom. The van der Waals surface area contributed by atoms with Crippen molar-refractivity contribution >= 4 is 11.8 Å². The summed E-state index contributed by atoms with van der Waals surface area (Å²) in [5.41, 5.74) is -0.306. The van der Waals surface area contributed by atoms with Crippen molar-refractivity contribution in [3.63, 3.8) is 0 Å². The summed E-state index contributed by atoms with van der Waals surface area (Å²) in [7, 11) is 0. The van der Waals surface area contributed by atoms with Crippen LogP contribution in [0, 0.1) is 11.8 Å². The molecule has 2 amide bonds. The lowest BCUT2D eigenvalue weighted by atomic mass is 9.86. The van der Waals surface area contributed by atoms with Crippen molar-refractivity contribution < 1.29 is 9.59 Å². The Balaban J connectivity index is 1.56. The highest BCUT2D eigenvalue weighted by atomic mass is 16.2. The Morgan fingerprint density at radius 2 is 1.00 bits per heavy atom. The molecule has 0 saturated carbocycles. The average molecular weight is 423 g/mol. The minimum Gasteiger partial charge on any atom is -0.356 e. The van der Waals surface area contributed by atoms with Crippen LogP contribution in [0.25, 0.3) is 0 Å². The van der Waals surface area contributed by atoms with Gasteiger partial charge in [0.15, 0.2) is 0 Å². The van der Waals surface area contributed by atoms with E-state index in [0.717, 1.165) is 51.6 Å². The maximum atomic E-state index is 12.6. The predicted octanol–water partition coefficient (Wildman–Crippen LogP) is 3.11. The Bertz CT molecular complexity index is 571. The highest BCUT2D eigenvalue weighted by Gasteiger charge is 2.48. The maximum absolute atomic E-state index is 12.6. The molecule has 2 aliphatic heterocycles. The van der Waals surface area contributed by atoms with E-state index in [1.54, 1.807) is 0 Å². The fraction of sp³-hybridized carbons (Fsp3) is 0.917. The van der Waals surface area contributed by atoms with Gasteiger partial charge in [-0.1, -0.05) is 12.8 Å². The third-order valence-electron chi connectivity index (χ3n) is 6.83. The molecule has 0 bridgehead atoms. The molecule has 6 nitrogen and oxygen atoms in total. The quantitative estimate of drug-likeness (QED) is 0.430. The highest BCUT2D eigenvalue weighted by Crippen LogP contribution is 2.36. The first kappa shape index (κ1) is 25.1. The molecule has 2 saturated heterocycles. The Labute approximate surface area is 184 Å². The Kier molecular flexibility index (Phi) is 7.67. The van der Waals surface area contributed by atoms with Crippen LogP contribution in [0.5, 0.6) is 0 Å². The van der Waals surface area contributed by atoms with Gasteiger partial charge in [-0.15, -0.1) is 0 Å². The number of hydrogen-bond acceptors (Lipinski definition) is 4. The Hall–Kier alpha value is -1.14. The summed E-state index contributed by atoms with van der Waals surface area (Å²) in [4.78, 5) is 25.2. The molecule has 0 aromatic rings. The summed E-state index contributed by atoms with van der Waals surface area (Å²) in [6, 6.07) is 0. The Morgan fingerprint density at radius 3 is 1.27 bits per heavy atom. The summed E-state index contributed by atoms with van der Waals surface area (Å²) in [5.74, 6) is 0.367. The molecule has 6 heteroatoms. The van der Waals surface area contributed by atoms with Crippen molar-refractivity contribution in [1.82, 2.24) is 21.3 Å². The zero-order valence-electron chi connectivity index (χ0n) is 20.6. The summed E-state index contributed by atoms with van der Waals surface area (Å²) in [6.07, 6.45) is 5.84. The molecule has 2 atom stereocenters. The first-order chi connectivity index (χ1) is 13.7. The number of carbonyl (C=O) groups is 2. The topological polar surface area (TPSA) is 82.3 Å². The van der Waals surface area contributed by atoms with E-state index in [-0.39, 0.29) is 45.8 Å².